The molecular formula is C21H17ClINO5S. The highest BCUT2D eigenvalue weighted by molar-refractivity contribution is 14.1. The Morgan fingerprint density at radius 3 is 2.40 bits per heavy atom. The van der Waals surface area contributed by atoms with Crippen LogP contribution in [-0.2, 0) is 14.8 Å². The lowest BCUT2D eigenvalue weighted by Gasteiger charge is -2.15. The van der Waals surface area contributed by atoms with Crippen LogP contribution in [0.3, 0.4) is 0 Å². The van der Waals surface area contributed by atoms with E-state index in [2.05, 4.69) is 4.72 Å². The van der Waals surface area contributed by atoms with Gasteiger partial charge in [0.15, 0.2) is 5.75 Å². The Balaban J connectivity index is 1.90. The highest BCUT2D eigenvalue weighted by atomic mass is 127. The molecule has 6 nitrogen and oxygen atoms in total. The van der Waals surface area contributed by atoms with Crippen molar-refractivity contribution >= 4 is 55.9 Å². The number of rotatable bonds is 7. The first kappa shape index (κ1) is 22.4. The van der Waals surface area contributed by atoms with Crippen molar-refractivity contribution in [3.63, 3.8) is 0 Å². The van der Waals surface area contributed by atoms with Crippen LogP contribution in [0.4, 0.5) is 5.69 Å². The molecule has 0 fully saturated rings. The van der Waals surface area contributed by atoms with Crippen molar-refractivity contribution in [1.82, 2.24) is 0 Å². The summed E-state index contributed by atoms with van der Waals surface area (Å²) in [6, 6.07) is 17.6. The van der Waals surface area contributed by atoms with Gasteiger partial charge < -0.3 is 9.47 Å². The molecular weight excluding hydrogens is 541 g/mol. The zero-order valence-corrected chi connectivity index (χ0v) is 19.5. The minimum absolute atomic E-state index is 0.0382. The van der Waals surface area contributed by atoms with Gasteiger partial charge in [-0.25, -0.2) is 13.2 Å². The number of carbonyl (C=O) groups is 1. The lowest BCUT2D eigenvalue weighted by molar-refractivity contribution is 0.0526. The molecule has 3 aromatic carbocycles. The molecule has 0 aliphatic heterocycles. The maximum atomic E-state index is 13.1. The maximum Gasteiger partial charge on any atom is 0.338 e. The van der Waals surface area contributed by atoms with E-state index >= 15 is 0 Å². The van der Waals surface area contributed by atoms with E-state index in [0.29, 0.717) is 25.6 Å². The number of esters is 1. The number of hydrogen-bond donors (Lipinski definition) is 1. The van der Waals surface area contributed by atoms with Gasteiger partial charge >= 0.3 is 5.97 Å². The number of sulfonamides is 1. The summed E-state index contributed by atoms with van der Waals surface area (Å²) in [7, 11) is -3.98. The summed E-state index contributed by atoms with van der Waals surface area (Å²) in [6.07, 6.45) is 0. The third kappa shape index (κ3) is 5.24. The molecule has 0 amide bonds. The van der Waals surface area contributed by atoms with Gasteiger partial charge in [-0.2, -0.15) is 0 Å². The van der Waals surface area contributed by atoms with E-state index in [0.717, 1.165) is 0 Å². The van der Waals surface area contributed by atoms with Crippen molar-refractivity contribution in [2.75, 3.05) is 11.3 Å². The molecule has 30 heavy (non-hydrogen) atoms. The Morgan fingerprint density at radius 1 is 1.03 bits per heavy atom. The molecule has 0 radical (unpaired) electrons. The number of ether oxygens (including phenoxy) is 2. The molecule has 0 spiro atoms. The number of hydrogen-bond acceptors (Lipinski definition) is 5. The van der Waals surface area contributed by atoms with E-state index in [1.807, 2.05) is 22.6 Å². The second kappa shape index (κ2) is 9.67. The molecule has 0 bridgehead atoms. The standard InChI is InChI=1S/C21H17ClINO5S/c1-2-28-21(25)14-10-12-15(13-11-14)24-30(26,27)19-9-5-7-17(23)20(19)29-18-8-4-3-6-16(18)22/h3-13,24H,2H2,1H3. The van der Waals surface area contributed by atoms with Crippen molar-refractivity contribution in [2.45, 2.75) is 11.8 Å². The number of anilines is 1. The molecule has 0 saturated carbocycles. The minimum Gasteiger partial charge on any atom is -0.462 e. The zero-order valence-electron chi connectivity index (χ0n) is 15.8. The molecule has 9 heteroatoms. The molecule has 0 aromatic heterocycles. The topological polar surface area (TPSA) is 81.7 Å². The number of para-hydroxylation sites is 2. The molecule has 1 N–H and O–H groups in total. The quantitative estimate of drug-likeness (QED) is 0.297. The highest BCUT2D eigenvalue weighted by Crippen LogP contribution is 2.36. The van der Waals surface area contributed by atoms with Crippen molar-refractivity contribution in [1.29, 1.82) is 0 Å². The summed E-state index contributed by atoms with van der Waals surface area (Å²) < 4.78 is 40.0. The van der Waals surface area contributed by atoms with Crippen LogP contribution < -0.4 is 9.46 Å². The Kier molecular flexibility index (Phi) is 7.22. The van der Waals surface area contributed by atoms with E-state index in [9.17, 15) is 13.2 Å². The van der Waals surface area contributed by atoms with E-state index in [1.165, 1.54) is 30.3 Å². The van der Waals surface area contributed by atoms with E-state index in [-0.39, 0.29) is 17.3 Å². The van der Waals surface area contributed by atoms with E-state index in [1.54, 1.807) is 43.3 Å². The molecule has 3 rings (SSSR count). The number of benzene rings is 3. The third-order valence-electron chi connectivity index (χ3n) is 3.92. The Labute approximate surface area is 193 Å². The van der Waals surface area contributed by atoms with Crippen molar-refractivity contribution in [3.8, 4) is 11.5 Å². The van der Waals surface area contributed by atoms with Crippen molar-refractivity contribution in [2.24, 2.45) is 0 Å². The zero-order chi connectivity index (χ0) is 21.7. The second-order valence-corrected chi connectivity index (χ2v) is 9.22. The summed E-state index contributed by atoms with van der Waals surface area (Å²) in [5.41, 5.74) is 0.627. The smallest absolute Gasteiger partial charge is 0.338 e. The summed E-state index contributed by atoms with van der Waals surface area (Å²) in [6.45, 7) is 1.97. The summed E-state index contributed by atoms with van der Waals surface area (Å²) in [4.78, 5) is 11.7. The number of halogens is 2. The fraction of sp³-hybridized carbons (Fsp3) is 0.0952. The van der Waals surface area contributed by atoms with Gasteiger partial charge in [-0.3, -0.25) is 4.72 Å². The van der Waals surface area contributed by atoms with Gasteiger partial charge in [-0.1, -0.05) is 29.8 Å². The van der Waals surface area contributed by atoms with Crippen LogP contribution in [0.5, 0.6) is 11.5 Å². The van der Waals surface area contributed by atoms with Crippen LogP contribution >= 0.6 is 34.2 Å². The van der Waals surface area contributed by atoms with Crippen LogP contribution in [0, 0.1) is 3.57 Å². The van der Waals surface area contributed by atoms with E-state index in [4.69, 9.17) is 21.1 Å². The van der Waals surface area contributed by atoms with Crippen molar-refractivity contribution < 1.29 is 22.7 Å². The first-order valence-corrected chi connectivity index (χ1v) is 11.8. The first-order chi connectivity index (χ1) is 14.3. The van der Waals surface area contributed by atoms with Gasteiger partial charge in [0, 0.05) is 5.69 Å². The third-order valence-corrected chi connectivity index (χ3v) is 6.48. The average molecular weight is 558 g/mol. The summed E-state index contributed by atoms with van der Waals surface area (Å²) >= 11 is 8.16. The molecule has 0 saturated heterocycles. The molecule has 0 aliphatic carbocycles. The van der Waals surface area contributed by atoms with Gasteiger partial charge in [0.25, 0.3) is 10.0 Å². The van der Waals surface area contributed by atoms with Crippen molar-refractivity contribution in [3.05, 3.63) is 80.9 Å². The first-order valence-electron chi connectivity index (χ1n) is 8.82. The predicted molar refractivity (Wildman–Crippen MR) is 124 cm³/mol. The molecule has 0 unspecified atom stereocenters. The maximum absolute atomic E-state index is 13.1. The monoisotopic (exact) mass is 557 g/mol. The van der Waals surface area contributed by atoms with E-state index < -0.39 is 16.0 Å². The van der Waals surface area contributed by atoms with Crippen LogP contribution in [-0.4, -0.2) is 21.0 Å². The molecule has 0 heterocycles. The minimum atomic E-state index is -3.98. The Morgan fingerprint density at radius 2 is 1.73 bits per heavy atom. The predicted octanol–water partition coefficient (Wildman–Crippen LogP) is 5.71. The van der Waals surface area contributed by atoms with Gasteiger partial charge in [0.2, 0.25) is 0 Å². The van der Waals surface area contributed by atoms with Crippen LogP contribution in [0.25, 0.3) is 0 Å². The van der Waals surface area contributed by atoms with Crippen LogP contribution in [0.2, 0.25) is 5.02 Å². The molecule has 3 aromatic rings. The lowest BCUT2D eigenvalue weighted by atomic mass is 10.2. The van der Waals surface area contributed by atoms with Gasteiger partial charge in [0.05, 0.1) is 20.8 Å². The summed E-state index contributed by atoms with van der Waals surface area (Å²) in [5, 5.41) is 0.364. The number of nitrogens with one attached hydrogen (secondary N) is 1. The number of carbonyl (C=O) groups excluding carboxylic acids is 1. The SMILES string of the molecule is CCOC(=O)c1ccc(NS(=O)(=O)c2cccc(I)c2Oc2ccccc2Cl)cc1. The van der Waals surface area contributed by atoms with Gasteiger partial charge in [0.1, 0.15) is 10.6 Å². The summed E-state index contributed by atoms with van der Waals surface area (Å²) in [5.74, 6) is 0.0420. The Hall–Kier alpha value is -2.30. The molecule has 156 valence electrons. The fourth-order valence-electron chi connectivity index (χ4n) is 2.54. The average Bonchev–Trinajstić information content (AvgIpc) is 2.71. The molecule has 0 atom stereocenters. The van der Waals surface area contributed by atoms with Crippen LogP contribution in [0.15, 0.2) is 71.6 Å². The van der Waals surface area contributed by atoms with Gasteiger partial charge in [-0.15, -0.1) is 0 Å². The normalized spacial score (nSPS) is 11.0. The van der Waals surface area contributed by atoms with Gasteiger partial charge in [-0.05, 0) is 78.0 Å². The fourth-order valence-corrected chi connectivity index (χ4v) is 4.71. The Bertz CT molecular complexity index is 1170. The largest absolute Gasteiger partial charge is 0.462 e. The van der Waals surface area contributed by atoms with Crippen LogP contribution in [0.1, 0.15) is 17.3 Å². The lowest BCUT2D eigenvalue weighted by Crippen LogP contribution is -2.14. The highest BCUT2D eigenvalue weighted by Gasteiger charge is 2.23. The molecule has 0 aliphatic rings. The second-order valence-electron chi connectivity index (χ2n) is 6.00.